The summed E-state index contributed by atoms with van der Waals surface area (Å²) in [6.45, 7) is 1.58. The number of nitrogens with one attached hydrogen (secondary N) is 2. The lowest BCUT2D eigenvalue weighted by Crippen LogP contribution is -2.20. The van der Waals surface area contributed by atoms with Crippen LogP contribution in [0, 0.1) is 0 Å². The lowest BCUT2D eigenvalue weighted by atomic mass is 10.1. The maximum atomic E-state index is 12.1. The average molecular weight is 410 g/mol. The fraction of sp³-hybridized carbons (Fsp3) is 0.238. The van der Waals surface area contributed by atoms with E-state index in [4.69, 9.17) is 14.2 Å². The van der Waals surface area contributed by atoms with Crippen LogP contribution in [-0.2, 0) is 4.79 Å². The number of nitrogens with zero attached hydrogens (tertiary/aromatic N) is 2. The van der Waals surface area contributed by atoms with Crippen LogP contribution < -0.4 is 19.5 Å². The smallest absolute Gasteiger partial charge is 0.264 e. The quantitative estimate of drug-likeness (QED) is 0.521. The molecule has 1 amide bonds. The zero-order chi connectivity index (χ0) is 21.5. The Morgan fingerprint density at radius 1 is 1.03 bits per heavy atom. The number of Topliss-reactive ketones (excluding diaryl/α,β-unsaturated/α-hetero) is 1. The second kappa shape index (κ2) is 9.55. The first kappa shape index (κ1) is 20.8. The molecule has 30 heavy (non-hydrogen) atoms. The number of aromatic nitrogens is 3. The lowest BCUT2D eigenvalue weighted by Gasteiger charge is -2.08. The molecule has 0 bridgehead atoms. The summed E-state index contributed by atoms with van der Waals surface area (Å²) >= 11 is 0. The van der Waals surface area contributed by atoms with Crippen molar-refractivity contribution in [2.45, 2.75) is 13.3 Å². The number of carbonyl (C=O) groups excluding carboxylic acids is 2. The Hall–Kier alpha value is -3.88. The van der Waals surface area contributed by atoms with E-state index in [1.807, 2.05) is 0 Å². The van der Waals surface area contributed by atoms with Gasteiger partial charge in [0.15, 0.2) is 29.7 Å². The van der Waals surface area contributed by atoms with Crippen molar-refractivity contribution in [2.75, 3.05) is 26.1 Å². The molecule has 0 spiro atoms. The first-order valence-corrected chi connectivity index (χ1v) is 9.24. The summed E-state index contributed by atoms with van der Waals surface area (Å²) in [5.74, 6) is 1.85. The van der Waals surface area contributed by atoms with Crippen LogP contribution in [-0.4, -0.2) is 47.7 Å². The minimum atomic E-state index is -0.415. The zero-order valence-corrected chi connectivity index (χ0v) is 16.9. The standard InChI is InChI=1S/C21H22N4O5/c1-4-16(26)13-5-8-15(9-6-13)30-12-19(27)22-21-23-20(24-25-21)14-7-10-17(28-2)18(11-14)29-3/h5-11H,4,12H2,1-3H3,(H2,22,23,24,25,27). The predicted molar refractivity (Wildman–Crippen MR) is 110 cm³/mol. The van der Waals surface area contributed by atoms with Crippen molar-refractivity contribution in [1.29, 1.82) is 0 Å². The molecule has 0 atom stereocenters. The number of aromatic amines is 1. The van der Waals surface area contributed by atoms with E-state index in [0.717, 1.165) is 5.56 Å². The highest BCUT2D eigenvalue weighted by Gasteiger charge is 2.12. The summed E-state index contributed by atoms with van der Waals surface area (Å²) in [4.78, 5) is 28.0. The molecular formula is C21H22N4O5. The molecule has 156 valence electrons. The molecule has 3 aromatic rings. The Labute approximate surface area is 173 Å². The average Bonchev–Trinajstić information content (AvgIpc) is 3.25. The van der Waals surface area contributed by atoms with E-state index < -0.39 is 5.91 Å². The first-order valence-electron chi connectivity index (χ1n) is 9.24. The fourth-order valence-electron chi connectivity index (χ4n) is 2.68. The number of H-pyrrole nitrogens is 1. The van der Waals surface area contributed by atoms with Gasteiger partial charge in [0.25, 0.3) is 5.91 Å². The van der Waals surface area contributed by atoms with Crippen molar-refractivity contribution in [3.63, 3.8) is 0 Å². The molecule has 1 aromatic heterocycles. The molecule has 9 heteroatoms. The minimum absolute atomic E-state index is 0.0502. The van der Waals surface area contributed by atoms with Gasteiger partial charge in [0.1, 0.15) is 5.75 Å². The largest absolute Gasteiger partial charge is 0.493 e. The van der Waals surface area contributed by atoms with E-state index in [2.05, 4.69) is 20.5 Å². The highest BCUT2D eigenvalue weighted by atomic mass is 16.5. The maximum absolute atomic E-state index is 12.1. The molecule has 0 aliphatic carbocycles. The topological polar surface area (TPSA) is 115 Å². The highest BCUT2D eigenvalue weighted by Crippen LogP contribution is 2.31. The summed E-state index contributed by atoms with van der Waals surface area (Å²) in [7, 11) is 3.10. The molecule has 0 saturated carbocycles. The number of ketones is 1. The fourth-order valence-corrected chi connectivity index (χ4v) is 2.68. The SMILES string of the molecule is CCC(=O)c1ccc(OCC(=O)Nc2n[nH]c(-c3ccc(OC)c(OC)c3)n2)cc1. The van der Waals surface area contributed by atoms with E-state index in [1.54, 1.807) is 63.6 Å². The van der Waals surface area contributed by atoms with Gasteiger partial charge in [-0.3, -0.25) is 20.0 Å². The molecule has 3 rings (SSSR count). The van der Waals surface area contributed by atoms with Crippen LogP contribution >= 0.6 is 0 Å². The molecular weight excluding hydrogens is 388 g/mol. The van der Waals surface area contributed by atoms with E-state index in [1.165, 1.54) is 0 Å². The van der Waals surface area contributed by atoms with E-state index in [0.29, 0.717) is 35.1 Å². The van der Waals surface area contributed by atoms with Crippen molar-refractivity contribution < 1.29 is 23.8 Å². The molecule has 0 aliphatic rings. The lowest BCUT2D eigenvalue weighted by molar-refractivity contribution is -0.118. The summed E-state index contributed by atoms with van der Waals surface area (Å²) < 4.78 is 15.9. The number of ether oxygens (including phenoxy) is 3. The molecule has 2 N–H and O–H groups in total. The van der Waals surface area contributed by atoms with Gasteiger partial charge in [0, 0.05) is 17.5 Å². The molecule has 2 aromatic carbocycles. The summed E-state index contributed by atoms with van der Waals surface area (Å²) in [6, 6.07) is 11.9. The second-order valence-electron chi connectivity index (χ2n) is 6.22. The molecule has 1 heterocycles. The second-order valence-corrected chi connectivity index (χ2v) is 6.22. The number of amides is 1. The predicted octanol–water partition coefficient (Wildman–Crippen LogP) is 3.10. The highest BCUT2D eigenvalue weighted by molar-refractivity contribution is 5.96. The molecule has 9 nitrogen and oxygen atoms in total. The normalized spacial score (nSPS) is 10.4. The number of hydrogen-bond donors (Lipinski definition) is 2. The number of benzene rings is 2. The van der Waals surface area contributed by atoms with E-state index in [-0.39, 0.29) is 18.3 Å². The van der Waals surface area contributed by atoms with Crippen LogP contribution in [0.1, 0.15) is 23.7 Å². The van der Waals surface area contributed by atoms with Crippen molar-refractivity contribution in [1.82, 2.24) is 15.2 Å². The molecule has 0 fully saturated rings. The Morgan fingerprint density at radius 2 is 1.77 bits per heavy atom. The third kappa shape index (κ3) is 4.93. The van der Waals surface area contributed by atoms with Gasteiger partial charge in [-0.25, -0.2) is 0 Å². The van der Waals surface area contributed by atoms with Crippen LogP contribution in [0.15, 0.2) is 42.5 Å². The van der Waals surface area contributed by atoms with Crippen LogP contribution in [0.2, 0.25) is 0 Å². The number of hydrogen-bond acceptors (Lipinski definition) is 7. The first-order chi connectivity index (χ1) is 14.5. The minimum Gasteiger partial charge on any atom is -0.493 e. The van der Waals surface area contributed by atoms with Crippen molar-refractivity contribution in [3.05, 3.63) is 48.0 Å². The molecule has 0 unspecified atom stereocenters. The van der Waals surface area contributed by atoms with Gasteiger partial charge in [0.2, 0.25) is 5.95 Å². The van der Waals surface area contributed by atoms with Gasteiger partial charge in [-0.15, -0.1) is 5.10 Å². The van der Waals surface area contributed by atoms with Gasteiger partial charge in [-0.2, -0.15) is 4.98 Å². The van der Waals surface area contributed by atoms with Crippen molar-refractivity contribution in [2.24, 2.45) is 0 Å². The maximum Gasteiger partial charge on any atom is 0.264 e. The van der Waals surface area contributed by atoms with Crippen LogP contribution in [0.25, 0.3) is 11.4 Å². The number of anilines is 1. The van der Waals surface area contributed by atoms with Gasteiger partial charge in [0.05, 0.1) is 14.2 Å². The summed E-state index contributed by atoms with van der Waals surface area (Å²) in [5, 5.41) is 9.32. The van der Waals surface area contributed by atoms with Crippen molar-refractivity contribution >= 4 is 17.6 Å². The Kier molecular flexibility index (Phi) is 6.63. The number of rotatable bonds is 9. The summed E-state index contributed by atoms with van der Waals surface area (Å²) in [6.07, 6.45) is 0.435. The van der Waals surface area contributed by atoms with Crippen LogP contribution in [0.4, 0.5) is 5.95 Å². The van der Waals surface area contributed by atoms with E-state index >= 15 is 0 Å². The molecule has 0 radical (unpaired) electrons. The number of carbonyl (C=O) groups is 2. The van der Waals surface area contributed by atoms with Gasteiger partial charge in [-0.05, 0) is 42.5 Å². The van der Waals surface area contributed by atoms with Crippen LogP contribution in [0.5, 0.6) is 17.2 Å². The molecule has 0 aliphatic heterocycles. The van der Waals surface area contributed by atoms with Crippen LogP contribution in [0.3, 0.4) is 0 Å². The van der Waals surface area contributed by atoms with E-state index in [9.17, 15) is 9.59 Å². The Bertz CT molecular complexity index is 1030. The third-order valence-corrected chi connectivity index (χ3v) is 4.26. The zero-order valence-electron chi connectivity index (χ0n) is 16.9. The van der Waals surface area contributed by atoms with Gasteiger partial charge >= 0.3 is 0 Å². The monoisotopic (exact) mass is 410 g/mol. The number of methoxy groups -OCH3 is 2. The molecule has 0 saturated heterocycles. The Morgan fingerprint density at radius 3 is 2.43 bits per heavy atom. The van der Waals surface area contributed by atoms with Crippen molar-refractivity contribution in [3.8, 4) is 28.6 Å². The summed E-state index contributed by atoms with van der Waals surface area (Å²) in [5.41, 5.74) is 1.33. The van der Waals surface area contributed by atoms with Gasteiger partial charge < -0.3 is 14.2 Å². The Balaban J connectivity index is 1.58. The third-order valence-electron chi connectivity index (χ3n) is 4.26. The van der Waals surface area contributed by atoms with Gasteiger partial charge in [-0.1, -0.05) is 6.92 Å².